The summed E-state index contributed by atoms with van der Waals surface area (Å²) in [5.74, 6) is -1.20. The zero-order valence-electron chi connectivity index (χ0n) is 19.9. The predicted octanol–water partition coefficient (Wildman–Crippen LogP) is 3.98. The van der Waals surface area contributed by atoms with Crippen molar-refractivity contribution in [2.24, 2.45) is 0 Å². The van der Waals surface area contributed by atoms with Crippen LogP contribution in [-0.4, -0.2) is 54.2 Å². The average molecular weight is 513 g/mol. The lowest BCUT2D eigenvalue weighted by Crippen LogP contribution is -2.52. The van der Waals surface area contributed by atoms with Crippen molar-refractivity contribution in [3.05, 3.63) is 95.6 Å². The third kappa shape index (κ3) is 6.79. The average Bonchev–Trinajstić information content (AvgIpc) is 2.89. The van der Waals surface area contributed by atoms with E-state index in [1.54, 1.807) is 4.90 Å². The number of piperazine rings is 1. The Labute approximate surface area is 212 Å². The zero-order valence-corrected chi connectivity index (χ0v) is 19.9. The van der Waals surface area contributed by atoms with Gasteiger partial charge >= 0.3 is 6.36 Å². The van der Waals surface area contributed by atoms with Crippen molar-refractivity contribution in [2.45, 2.75) is 18.9 Å². The maximum absolute atomic E-state index is 13.3. The van der Waals surface area contributed by atoms with E-state index >= 15 is 0 Å². The minimum Gasteiger partial charge on any atom is -0.404 e. The van der Waals surface area contributed by atoms with E-state index in [-0.39, 0.29) is 17.2 Å². The second-order valence-electron chi connectivity index (χ2n) is 8.65. The molecule has 1 aliphatic rings. The topological polar surface area (TPSA) is 87.9 Å². The fraction of sp³-hybridized carbons (Fsp3) is 0.259. The van der Waals surface area contributed by atoms with Crippen LogP contribution in [0.3, 0.4) is 0 Å². The Balaban J connectivity index is 1.44. The van der Waals surface area contributed by atoms with Crippen LogP contribution in [0.4, 0.5) is 18.9 Å². The number of anilines is 1. The highest BCUT2D eigenvalue weighted by Crippen LogP contribution is 2.30. The summed E-state index contributed by atoms with van der Waals surface area (Å²) in [6, 6.07) is 22.0. The number of nitrogens with two attached hydrogens (primary N) is 1. The van der Waals surface area contributed by atoms with Gasteiger partial charge in [0.25, 0.3) is 5.91 Å². The molecule has 10 heteroatoms. The van der Waals surface area contributed by atoms with Crippen molar-refractivity contribution in [3.8, 4) is 5.75 Å². The van der Waals surface area contributed by atoms with Crippen LogP contribution in [0.2, 0.25) is 0 Å². The van der Waals surface area contributed by atoms with E-state index in [1.807, 2.05) is 65.6 Å². The molecule has 0 aliphatic carbocycles. The smallest absolute Gasteiger partial charge is 0.404 e. The fourth-order valence-corrected chi connectivity index (χ4v) is 4.29. The molecule has 1 heterocycles. The summed E-state index contributed by atoms with van der Waals surface area (Å²) in [5.41, 5.74) is 7.22. The second-order valence-corrected chi connectivity index (χ2v) is 8.65. The van der Waals surface area contributed by atoms with Gasteiger partial charge in [0.1, 0.15) is 6.04 Å². The molecule has 1 saturated heterocycles. The molecule has 3 aromatic carbocycles. The van der Waals surface area contributed by atoms with Crippen molar-refractivity contribution in [3.63, 3.8) is 0 Å². The third-order valence-corrected chi connectivity index (χ3v) is 6.13. The van der Waals surface area contributed by atoms with Crippen molar-refractivity contribution in [1.29, 1.82) is 0 Å². The van der Waals surface area contributed by atoms with Crippen LogP contribution < -0.4 is 15.8 Å². The molecule has 0 unspecified atom stereocenters. The number of amides is 2. The monoisotopic (exact) mass is 512 g/mol. The number of alkyl halides is 3. The summed E-state index contributed by atoms with van der Waals surface area (Å²) in [6.07, 6.45) is -4.92. The SMILES string of the molecule is Nc1ccc(C(=O)N2CCN([C@H](C(=O)NCc3ccccc3)c3ccccc3)CC2)cc1OC(F)(F)F. The molecule has 194 valence electrons. The quantitative estimate of drug-likeness (QED) is 0.468. The van der Waals surface area contributed by atoms with Gasteiger partial charge in [-0.15, -0.1) is 13.2 Å². The molecular formula is C27H27F3N4O3. The lowest BCUT2D eigenvalue weighted by Gasteiger charge is -2.39. The van der Waals surface area contributed by atoms with E-state index in [0.717, 1.165) is 17.2 Å². The van der Waals surface area contributed by atoms with Gasteiger partial charge in [-0.1, -0.05) is 60.7 Å². The molecule has 2 amide bonds. The Kier molecular flexibility index (Phi) is 7.98. The number of nitrogens with zero attached hydrogens (tertiary/aromatic N) is 2. The van der Waals surface area contributed by atoms with E-state index in [2.05, 4.69) is 10.1 Å². The number of rotatable bonds is 7. The van der Waals surface area contributed by atoms with Crippen LogP contribution in [0.5, 0.6) is 5.75 Å². The van der Waals surface area contributed by atoms with E-state index in [4.69, 9.17) is 5.73 Å². The fourth-order valence-electron chi connectivity index (χ4n) is 4.29. The van der Waals surface area contributed by atoms with Gasteiger partial charge in [0.15, 0.2) is 5.75 Å². The van der Waals surface area contributed by atoms with Crippen LogP contribution in [-0.2, 0) is 11.3 Å². The third-order valence-electron chi connectivity index (χ3n) is 6.13. The van der Waals surface area contributed by atoms with Crippen molar-refractivity contribution in [1.82, 2.24) is 15.1 Å². The summed E-state index contributed by atoms with van der Waals surface area (Å²) in [7, 11) is 0. The number of carbonyl (C=O) groups is 2. The predicted molar refractivity (Wildman–Crippen MR) is 132 cm³/mol. The normalized spacial score (nSPS) is 15.2. The number of nitrogen functional groups attached to an aromatic ring is 1. The zero-order chi connectivity index (χ0) is 26.4. The molecule has 1 atom stereocenters. The Morgan fingerprint density at radius 3 is 2.16 bits per heavy atom. The summed E-state index contributed by atoms with van der Waals surface area (Å²) in [6.45, 7) is 1.80. The van der Waals surface area contributed by atoms with E-state index in [1.165, 1.54) is 12.1 Å². The molecule has 3 aromatic rings. The first-order chi connectivity index (χ1) is 17.7. The minimum atomic E-state index is -4.92. The van der Waals surface area contributed by atoms with Crippen LogP contribution in [0.25, 0.3) is 0 Å². The Morgan fingerprint density at radius 1 is 0.919 bits per heavy atom. The molecule has 0 spiro atoms. The largest absolute Gasteiger partial charge is 0.573 e. The summed E-state index contributed by atoms with van der Waals surface area (Å²) in [5, 5.41) is 3.01. The second kappa shape index (κ2) is 11.3. The maximum Gasteiger partial charge on any atom is 0.573 e. The van der Waals surface area contributed by atoms with Gasteiger partial charge in [-0.2, -0.15) is 0 Å². The number of benzene rings is 3. The lowest BCUT2D eigenvalue weighted by atomic mass is 10.0. The molecule has 0 aromatic heterocycles. The van der Waals surface area contributed by atoms with Crippen molar-refractivity contribution < 1.29 is 27.5 Å². The standard InChI is InChI=1S/C27H27F3N4O3/c28-27(29,30)37-23-17-21(11-12-22(23)31)26(36)34-15-13-33(14-16-34)24(20-9-5-2-6-10-20)25(35)32-18-19-7-3-1-4-8-19/h1-12,17,24H,13-16,18,31H2,(H,32,35)/t24-/m0/s1. The number of carbonyl (C=O) groups excluding carboxylic acids is 2. The van der Waals surface area contributed by atoms with Crippen molar-refractivity contribution >= 4 is 17.5 Å². The van der Waals surface area contributed by atoms with Gasteiger partial charge in [-0.3, -0.25) is 14.5 Å². The number of hydrogen-bond donors (Lipinski definition) is 2. The molecule has 1 fully saturated rings. The Hall–Kier alpha value is -4.05. The molecule has 0 saturated carbocycles. The molecule has 0 bridgehead atoms. The van der Waals surface area contributed by atoms with Gasteiger partial charge in [-0.25, -0.2) is 0 Å². The van der Waals surface area contributed by atoms with Crippen LogP contribution in [0.15, 0.2) is 78.9 Å². The van der Waals surface area contributed by atoms with E-state index in [9.17, 15) is 22.8 Å². The molecule has 0 radical (unpaired) electrons. The van der Waals surface area contributed by atoms with Crippen LogP contribution in [0.1, 0.15) is 27.5 Å². The lowest BCUT2D eigenvalue weighted by molar-refractivity contribution is -0.274. The molecule has 3 N–H and O–H groups in total. The van der Waals surface area contributed by atoms with E-state index in [0.29, 0.717) is 32.7 Å². The molecule has 4 rings (SSSR count). The summed E-state index contributed by atoms with van der Waals surface area (Å²) < 4.78 is 42.0. The number of hydrogen-bond acceptors (Lipinski definition) is 5. The van der Waals surface area contributed by atoms with E-state index < -0.39 is 24.1 Å². The Morgan fingerprint density at radius 2 is 1.54 bits per heavy atom. The van der Waals surface area contributed by atoms with Crippen LogP contribution >= 0.6 is 0 Å². The number of halogens is 3. The van der Waals surface area contributed by atoms with Crippen LogP contribution in [0, 0.1) is 0 Å². The summed E-state index contributed by atoms with van der Waals surface area (Å²) >= 11 is 0. The minimum absolute atomic E-state index is 0.0436. The first kappa shape index (κ1) is 26.0. The maximum atomic E-state index is 13.3. The number of nitrogens with one attached hydrogen (secondary N) is 1. The molecule has 1 aliphatic heterocycles. The van der Waals surface area contributed by atoms with Gasteiger partial charge < -0.3 is 20.7 Å². The summed E-state index contributed by atoms with van der Waals surface area (Å²) in [4.78, 5) is 29.9. The highest BCUT2D eigenvalue weighted by atomic mass is 19.4. The first-order valence-corrected chi connectivity index (χ1v) is 11.8. The Bertz CT molecular complexity index is 1210. The molecule has 37 heavy (non-hydrogen) atoms. The highest BCUT2D eigenvalue weighted by molar-refractivity contribution is 5.95. The first-order valence-electron chi connectivity index (χ1n) is 11.8. The van der Waals surface area contributed by atoms with Gasteiger partial charge in [-0.05, 0) is 29.3 Å². The highest BCUT2D eigenvalue weighted by Gasteiger charge is 2.34. The van der Waals surface area contributed by atoms with Gasteiger partial charge in [0.05, 0.1) is 5.69 Å². The molecule has 7 nitrogen and oxygen atoms in total. The van der Waals surface area contributed by atoms with Crippen molar-refractivity contribution in [2.75, 3.05) is 31.9 Å². The number of ether oxygens (including phenoxy) is 1. The van der Waals surface area contributed by atoms with Gasteiger partial charge in [0, 0.05) is 38.3 Å². The van der Waals surface area contributed by atoms with Gasteiger partial charge in [0.2, 0.25) is 5.91 Å². The molecular weight excluding hydrogens is 485 g/mol.